The van der Waals surface area contributed by atoms with Gasteiger partial charge < -0.3 is 14.8 Å². The highest BCUT2D eigenvalue weighted by Gasteiger charge is 2.41. The fraction of sp³-hybridized carbons (Fsp3) is 0.536. The Morgan fingerprint density at radius 2 is 1.67 bits per heavy atom. The molecule has 2 atom stereocenters. The van der Waals surface area contributed by atoms with Gasteiger partial charge in [-0.25, -0.2) is 0 Å². The largest absolute Gasteiger partial charge is 0.492 e. The molecular weight excluding hydrogens is 412 g/mol. The predicted molar refractivity (Wildman–Crippen MR) is 133 cm³/mol. The molecule has 2 aliphatic heterocycles. The fourth-order valence-electron chi connectivity index (χ4n) is 5.39. The average Bonchev–Trinajstić information content (AvgIpc) is 2.80. The lowest BCUT2D eigenvalue weighted by Gasteiger charge is -2.36. The van der Waals surface area contributed by atoms with Crippen molar-refractivity contribution in [1.29, 1.82) is 0 Å². The third-order valence-electron chi connectivity index (χ3n) is 7.12. The van der Waals surface area contributed by atoms with Crippen LogP contribution in [0.2, 0.25) is 0 Å². The van der Waals surface area contributed by atoms with Gasteiger partial charge in [0.1, 0.15) is 12.4 Å². The summed E-state index contributed by atoms with van der Waals surface area (Å²) in [4.78, 5) is 16.0. The molecule has 0 radical (unpaired) electrons. The Hall–Kier alpha value is -2.37. The second kappa shape index (κ2) is 10.7. The van der Waals surface area contributed by atoms with E-state index in [9.17, 15) is 4.79 Å². The summed E-state index contributed by atoms with van der Waals surface area (Å²) < 4.78 is 11.6. The SMILES string of the molecule is Cc1ccc(C2(C(=O)Nc3ccc(OCCN4C[C@H](C)C[C@@H](C)C4)cc3)CCOCC2)cc1. The van der Waals surface area contributed by atoms with Gasteiger partial charge in [-0.05, 0) is 67.9 Å². The Labute approximate surface area is 198 Å². The molecule has 0 saturated carbocycles. The molecule has 5 heteroatoms. The van der Waals surface area contributed by atoms with Crippen LogP contribution in [0.15, 0.2) is 48.5 Å². The van der Waals surface area contributed by atoms with Crippen molar-refractivity contribution < 1.29 is 14.3 Å². The van der Waals surface area contributed by atoms with E-state index in [1.807, 2.05) is 24.3 Å². The highest BCUT2D eigenvalue weighted by Crippen LogP contribution is 2.36. The quantitative estimate of drug-likeness (QED) is 0.642. The number of carbonyl (C=O) groups is 1. The Balaban J connectivity index is 1.34. The van der Waals surface area contributed by atoms with Crippen LogP contribution < -0.4 is 10.1 Å². The van der Waals surface area contributed by atoms with Crippen molar-refractivity contribution in [3.63, 3.8) is 0 Å². The monoisotopic (exact) mass is 450 g/mol. The van der Waals surface area contributed by atoms with Gasteiger partial charge in [0.25, 0.3) is 0 Å². The molecule has 2 fully saturated rings. The van der Waals surface area contributed by atoms with Crippen molar-refractivity contribution >= 4 is 11.6 Å². The molecule has 1 amide bonds. The number of nitrogens with zero attached hydrogens (tertiary/aromatic N) is 1. The van der Waals surface area contributed by atoms with E-state index in [-0.39, 0.29) is 5.91 Å². The number of ether oxygens (including phenoxy) is 2. The van der Waals surface area contributed by atoms with Crippen LogP contribution in [0.3, 0.4) is 0 Å². The molecule has 2 aliphatic rings. The van der Waals surface area contributed by atoms with Gasteiger partial charge in [-0.1, -0.05) is 43.7 Å². The van der Waals surface area contributed by atoms with Crippen LogP contribution in [-0.2, 0) is 14.9 Å². The molecule has 178 valence electrons. The molecule has 0 aromatic heterocycles. The molecule has 2 aromatic rings. The van der Waals surface area contributed by atoms with Crippen molar-refractivity contribution in [2.45, 2.75) is 45.4 Å². The number of hydrogen-bond acceptors (Lipinski definition) is 4. The van der Waals surface area contributed by atoms with E-state index in [4.69, 9.17) is 9.47 Å². The topological polar surface area (TPSA) is 50.8 Å². The zero-order chi connectivity index (χ0) is 23.3. The third-order valence-corrected chi connectivity index (χ3v) is 7.12. The lowest BCUT2D eigenvalue weighted by Crippen LogP contribution is -2.44. The highest BCUT2D eigenvalue weighted by molar-refractivity contribution is 5.99. The summed E-state index contributed by atoms with van der Waals surface area (Å²) in [7, 11) is 0. The molecule has 2 saturated heterocycles. The molecule has 0 unspecified atom stereocenters. The molecular formula is C28H38N2O3. The summed E-state index contributed by atoms with van der Waals surface area (Å²) in [6.45, 7) is 11.9. The summed E-state index contributed by atoms with van der Waals surface area (Å²) >= 11 is 0. The summed E-state index contributed by atoms with van der Waals surface area (Å²) in [5.41, 5.74) is 2.50. The Morgan fingerprint density at radius 1 is 1.03 bits per heavy atom. The maximum absolute atomic E-state index is 13.5. The summed E-state index contributed by atoms with van der Waals surface area (Å²) in [6, 6.07) is 16.1. The number of benzene rings is 2. The van der Waals surface area contributed by atoms with E-state index in [0.717, 1.165) is 48.5 Å². The smallest absolute Gasteiger partial charge is 0.235 e. The van der Waals surface area contributed by atoms with Crippen molar-refractivity contribution in [2.75, 3.05) is 44.8 Å². The number of nitrogens with one attached hydrogen (secondary N) is 1. The van der Waals surface area contributed by atoms with Crippen LogP contribution in [-0.4, -0.2) is 50.3 Å². The Bertz CT molecular complexity index is 894. The van der Waals surface area contributed by atoms with Gasteiger partial charge in [-0.2, -0.15) is 0 Å². The number of carbonyl (C=O) groups excluding carboxylic acids is 1. The van der Waals surface area contributed by atoms with E-state index in [1.54, 1.807) is 0 Å². The van der Waals surface area contributed by atoms with E-state index in [0.29, 0.717) is 32.7 Å². The second-order valence-electron chi connectivity index (χ2n) is 10.1. The lowest BCUT2D eigenvalue weighted by atomic mass is 9.73. The minimum Gasteiger partial charge on any atom is -0.492 e. The Kier molecular flexibility index (Phi) is 7.71. The van der Waals surface area contributed by atoms with Crippen molar-refractivity contribution in [2.24, 2.45) is 11.8 Å². The first-order valence-corrected chi connectivity index (χ1v) is 12.4. The molecule has 4 rings (SSSR count). The number of anilines is 1. The van der Waals surface area contributed by atoms with E-state index in [1.165, 1.54) is 12.0 Å². The number of hydrogen-bond donors (Lipinski definition) is 1. The van der Waals surface area contributed by atoms with Crippen LogP contribution in [0.4, 0.5) is 5.69 Å². The summed E-state index contributed by atoms with van der Waals surface area (Å²) in [5, 5.41) is 3.15. The molecule has 1 N–H and O–H groups in total. The minimum absolute atomic E-state index is 0.0386. The zero-order valence-corrected chi connectivity index (χ0v) is 20.3. The van der Waals surface area contributed by atoms with Gasteiger partial charge in [0, 0.05) is 38.5 Å². The second-order valence-corrected chi connectivity index (χ2v) is 10.1. The number of rotatable bonds is 7. The lowest BCUT2D eigenvalue weighted by molar-refractivity contribution is -0.125. The average molecular weight is 451 g/mol. The van der Waals surface area contributed by atoms with E-state index in [2.05, 4.69) is 55.3 Å². The van der Waals surface area contributed by atoms with Gasteiger partial charge in [0.05, 0.1) is 5.41 Å². The highest BCUT2D eigenvalue weighted by atomic mass is 16.5. The first-order chi connectivity index (χ1) is 15.9. The van der Waals surface area contributed by atoms with Gasteiger partial charge in [-0.15, -0.1) is 0 Å². The molecule has 33 heavy (non-hydrogen) atoms. The third kappa shape index (κ3) is 5.96. The predicted octanol–water partition coefficient (Wildman–Crippen LogP) is 5.04. The van der Waals surface area contributed by atoms with Gasteiger partial charge in [0.2, 0.25) is 5.91 Å². The number of amides is 1. The molecule has 2 heterocycles. The summed E-state index contributed by atoms with van der Waals surface area (Å²) in [5.74, 6) is 2.40. The van der Waals surface area contributed by atoms with Crippen LogP contribution in [0.5, 0.6) is 5.75 Å². The Morgan fingerprint density at radius 3 is 2.30 bits per heavy atom. The summed E-state index contributed by atoms with van der Waals surface area (Å²) in [6.07, 6.45) is 2.70. The standard InChI is InChI=1S/C28H38N2O3/c1-21-4-6-24(7-5-21)28(12-15-32-16-13-28)27(31)29-25-8-10-26(11-9-25)33-17-14-30-19-22(2)18-23(3)20-30/h4-11,22-23H,12-20H2,1-3H3,(H,29,31)/t22-,23-/m1/s1. The van der Waals surface area contributed by atoms with Gasteiger partial charge in [-0.3, -0.25) is 9.69 Å². The van der Waals surface area contributed by atoms with Crippen LogP contribution in [0.1, 0.15) is 44.2 Å². The van der Waals surface area contributed by atoms with Gasteiger partial charge in [0.15, 0.2) is 0 Å². The van der Waals surface area contributed by atoms with Crippen LogP contribution in [0.25, 0.3) is 0 Å². The molecule has 2 aromatic carbocycles. The van der Waals surface area contributed by atoms with E-state index >= 15 is 0 Å². The zero-order valence-electron chi connectivity index (χ0n) is 20.3. The first kappa shape index (κ1) is 23.8. The molecule has 0 aliphatic carbocycles. The van der Waals surface area contributed by atoms with Crippen molar-refractivity contribution in [3.8, 4) is 5.75 Å². The first-order valence-electron chi connectivity index (χ1n) is 12.4. The number of piperidine rings is 1. The van der Waals surface area contributed by atoms with Crippen LogP contribution >= 0.6 is 0 Å². The molecule has 0 spiro atoms. The van der Waals surface area contributed by atoms with Crippen molar-refractivity contribution in [3.05, 3.63) is 59.7 Å². The molecule has 5 nitrogen and oxygen atoms in total. The maximum Gasteiger partial charge on any atom is 0.235 e. The number of likely N-dealkylation sites (tertiary alicyclic amines) is 1. The van der Waals surface area contributed by atoms with Crippen LogP contribution in [0, 0.1) is 18.8 Å². The van der Waals surface area contributed by atoms with E-state index < -0.39 is 5.41 Å². The maximum atomic E-state index is 13.5. The normalized spacial score (nSPS) is 23.1. The van der Waals surface area contributed by atoms with Gasteiger partial charge >= 0.3 is 0 Å². The van der Waals surface area contributed by atoms with Crippen molar-refractivity contribution in [1.82, 2.24) is 4.90 Å². The minimum atomic E-state index is -0.552. The fourth-order valence-corrected chi connectivity index (χ4v) is 5.39. The number of aryl methyl sites for hydroxylation is 1. The molecule has 0 bridgehead atoms.